The summed E-state index contributed by atoms with van der Waals surface area (Å²) in [6.07, 6.45) is -9.43. The minimum absolute atomic E-state index is 0.380. The van der Waals surface area contributed by atoms with Gasteiger partial charge in [0.2, 0.25) is 0 Å². The first kappa shape index (κ1) is 22.4. The standard InChI is InChI=1S/C17H13ClF8O2/c1-15(2)8(5-10(18)16(21,22)23)11(15)14(27)28-6-7-3-4-9(19)12(13(7)20)17(24,25)26/h3-5,8,11H,6H2,1-2H3. The first-order valence-electron chi connectivity index (χ1n) is 7.73. The number of ether oxygens (including phenoxy) is 1. The van der Waals surface area contributed by atoms with Crippen molar-refractivity contribution >= 4 is 17.6 Å². The molecule has 0 saturated heterocycles. The summed E-state index contributed by atoms with van der Waals surface area (Å²) in [5, 5.41) is -1.42. The van der Waals surface area contributed by atoms with Crippen LogP contribution in [0.5, 0.6) is 0 Å². The average Bonchev–Trinajstić information content (AvgIpc) is 3.04. The topological polar surface area (TPSA) is 26.3 Å². The highest BCUT2D eigenvalue weighted by Gasteiger charge is 2.62. The Morgan fingerprint density at radius 1 is 1.18 bits per heavy atom. The van der Waals surface area contributed by atoms with E-state index in [9.17, 15) is 39.9 Å². The van der Waals surface area contributed by atoms with Gasteiger partial charge in [-0.15, -0.1) is 0 Å². The van der Waals surface area contributed by atoms with Crippen molar-refractivity contribution in [2.24, 2.45) is 17.3 Å². The van der Waals surface area contributed by atoms with Crippen molar-refractivity contribution in [2.45, 2.75) is 32.8 Å². The quantitative estimate of drug-likeness (QED) is 0.428. The zero-order valence-electron chi connectivity index (χ0n) is 14.3. The van der Waals surface area contributed by atoms with Crippen LogP contribution in [0.3, 0.4) is 0 Å². The van der Waals surface area contributed by atoms with Crippen LogP contribution in [-0.4, -0.2) is 12.1 Å². The Kier molecular flexibility index (Phi) is 5.77. The normalized spacial score (nSPS) is 22.2. The summed E-state index contributed by atoms with van der Waals surface area (Å²) in [4.78, 5) is 12.1. The Bertz CT molecular complexity index is 811. The van der Waals surface area contributed by atoms with Crippen molar-refractivity contribution in [3.8, 4) is 0 Å². The van der Waals surface area contributed by atoms with Crippen molar-refractivity contribution in [3.05, 3.63) is 46.0 Å². The second kappa shape index (κ2) is 7.20. The van der Waals surface area contributed by atoms with Gasteiger partial charge in [-0.3, -0.25) is 4.79 Å². The second-order valence-corrected chi connectivity index (χ2v) is 7.25. The van der Waals surface area contributed by atoms with Gasteiger partial charge in [0.1, 0.15) is 28.8 Å². The van der Waals surface area contributed by atoms with Crippen molar-refractivity contribution in [3.63, 3.8) is 0 Å². The monoisotopic (exact) mass is 436 g/mol. The van der Waals surface area contributed by atoms with Gasteiger partial charge in [-0.05, 0) is 23.5 Å². The van der Waals surface area contributed by atoms with Crippen molar-refractivity contribution in [1.82, 2.24) is 0 Å². The summed E-state index contributed by atoms with van der Waals surface area (Å²) in [7, 11) is 0. The van der Waals surface area contributed by atoms with Crippen LogP contribution in [0, 0.1) is 28.9 Å². The molecule has 1 aliphatic carbocycles. The number of carbonyl (C=O) groups is 1. The molecule has 0 aromatic heterocycles. The van der Waals surface area contributed by atoms with E-state index in [1.165, 1.54) is 13.8 Å². The predicted octanol–water partition coefficient (Wildman–Crippen LogP) is 5.98. The van der Waals surface area contributed by atoms with E-state index in [0.29, 0.717) is 18.2 Å². The molecule has 0 aliphatic heterocycles. The molecule has 28 heavy (non-hydrogen) atoms. The highest BCUT2D eigenvalue weighted by Crippen LogP contribution is 2.60. The number of esters is 1. The van der Waals surface area contributed by atoms with Crippen LogP contribution in [0.2, 0.25) is 0 Å². The lowest BCUT2D eigenvalue weighted by Crippen LogP contribution is -2.15. The Balaban J connectivity index is 2.14. The highest BCUT2D eigenvalue weighted by molar-refractivity contribution is 6.30. The van der Waals surface area contributed by atoms with E-state index in [2.05, 4.69) is 0 Å². The van der Waals surface area contributed by atoms with Gasteiger partial charge in [-0.2, -0.15) is 26.3 Å². The van der Waals surface area contributed by atoms with Crippen LogP contribution in [-0.2, 0) is 22.3 Å². The van der Waals surface area contributed by atoms with E-state index in [0.717, 1.165) is 0 Å². The molecular formula is C17H13ClF8O2. The number of hydrogen-bond acceptors (Lipinski definition) is 2. The summed E-state index contributed by atoms with van der Waals surface area (Å²) < 4.78 is 108. The fourth-order valence-electron chi connectivity index (χ4n) is 2.90. The molecule has 1 aromatic carbocycles. The zero-order valence-corrected chi connectivity index (χ0v) is 15.1. The van der Waals surface area contributed by atoms with E-state index >= 15 is 0 Å². The molecule has 2 atom stereocenters. The fourth-order valence-corrected chi connectivity index (χ4v) is 3.03. The molecule has 1 aliphatic rings. The van der Waals surface area contributed by atoms with Crippen LogP contribution < -0.4 is 0 Å². The maximum Gasteiger partial charge on any atom is 0.426 e. The van der Waals surface area contributed by atoms with Crippen LogP contribution in [0.25, 0.3) is 0 Å². The number of hydrogen-bond donors (Lipinski definition) is 0. The molecule has 2 rings (SSSR count). The Hall–Kier alpha value is -1.84. The lowest BCUT2D eigenvalue weighted by molar-refractivity contribution is -0.147. The molecule has 2 unspecified atom stereocenters. The summed E-state index contributed by atoms with van der Waals surface area (Å²) >= 11 is 5.15. The van der Waals surface area contributed by atoms with Gasteiger partial charge in [0.25, 0.3) is 0 Å². The zero-order chi connectivity index (χ0) is 21.7. The van der Waals surface area contributed by atoms with Gasteiger partial charge in [0.05, 0.1) is 5.92 Å². The molecular weight excluding hydrogens is 424 g/mol. The minimum atomic E-state index is -5.29. The van der Waals surface area contributed by atoms with E-state index in [-0.39, 0.29) is 0 Å². The van der Waals surface area contributed by atoms with Gasteiger partial charge < -0.3 is 4.74 Å². The van der Waals surface area contributed by atoms with Crippen molar-refractivity contribution in [2.75, 3.05) is 0 Å². The lowest BCUT2D eigenvalue weighted by Gasteiger charge is -2.13. The van der Waals surface area contributed by atoms with Gasteiger partial charge in [-0.1, -0.05) is 31.5 Å². The molecule has 1 saturated carbocycles. The van der Waals surface area contributed by atoms with Crippen molar-refractivity contribution in [1.29, 1.82) is 0 Å². The van der Waals surface area contributed by atoms with E-state index in [1.807, 2.05) is 0 Å². The van der Waals surface area contributed by atoms with Crippen molar-refractivity contribution < 1.29 is 44.7 Å². The predicted molar refractivity (Wildman–Crippen MR) is 81.9 cm³/mol. The highest BCUT2D eigenvalue weighted by atomic mass is 35.5. The molecule has 0 amide bonds. The summed E-state index contributed by atoms with van der Waals surface area (Å²) in [6.45, 7) is 2.01. The Labute approximate surface area is 159 Å². The first-order chi connectivity index (χ1) is 12.6. The number of allylic oxidation sites excluding steroid dienone is 2. The summed E-state index contributed by atoms with van der Waals surface area (Å²) in [5.74, 6) is -6.75. The first-order valence-corrected chi connectivity index (χ1v) is 8.11. The van der Waals surface area contributed by atoms with Gasteiger partial charge >= 0.3 is 18.3 Å². The third-order valence-electron chi connectivity index (χ3n) is 4.59. The van der Waals surface area contributed by atoms with E-state index in [4.69, 9.17) is 16.3 Å². The molecule has 1 fully saturated rings. The molecule has 0 radical (unpaired) electrons. The largest absolute Gasteiger partial charge is 0.460 e. The van der Waals surface area contributed by atoms with E-state index in [1.54, 1.807) is 0 Å². The molecule has 11 heteroatoms. The van der Waals surface area contributed by atoms with E-state index < -0.39 is 70.0 Å². The molecule has 156 valence electrons. The third-order valence-corrected chi connectivity index (χ3v) is 4.93. The maximum atomic E-state index is 13.9. The lowest BCUT2D eigenvalue weighted by atomic mass is 10.1. The van der Waals surface area contributed by atoms with Crippen LogP contribution in [0.15, 0.2) is 23.2 Å². The summed E-state index contributed by atoms with van der Waals surface area (Å²) in [5.41, 5.74) is -3.78. The van der Waals surface area contributed by atoms with Gasteiger partial charge in [-0.25, -0.2) is 8.78 Å². The third kappa shape index (κ3) is 4.42. The average molecular weight is 437 g/mol. The van der Waals surface area contributed by atoms with Crippen LogP contribution in [0.1, 0.15) is 25.0 Å². The fraction of sp³-hybridized carbons (Fsp3) is 0.471. The smallest absolute Gasteiger partial charge is 0.426 e. The molecule has 0 bridgehead atoms. The Morgan fingerprint density at radius 3 is 2.25 bits per heavy atom. The number of carbonyl (C=O) groups excluding carboxylic acids is 1. The van der Waals surface area contributed by atoms with Crippen LogP contribution in [0.4, 0.5) is 35.1 Å². The van der Waals surface area contributed by atoms with Gasteiger partial charge in [0.15, 0.2) is 0 Å². The molecule has 1 aromatic rings. The second-order valence-electron chi connectivity index (χ2n) is 6.84. The number of benzene rings is 1. The number of alkyl halides is 6. The molecule has 0 N–H and O–H groups in total. The number of rotatable bonds is 4. The minimum Gasteiger partial charge on any atom is -0.460 e. The molecule has 2 nitrogen and oxygen atoms in total. The maximum absolute atomic E-state index is 13.9. The summed E-state index contributed by atoms with van der Waals surface area (Å²) in [6, 6.07) is 1.06. The van der Waals surface area contributed by atoms with Crippen LogP contribution >= 0.6 is 11.6 Å². The number of halogens is 9. The molecule has 0 spiro atoms. The SMILES string of the molecule is CC1(C)C(C=C(Cl)C(F)(F)F)C1C(=O)OCc1ccc(F)c(C(F)(F)F)c1F. The van der Waals surface area contributed by atoms with Gasteiger partial charge in [0, 0.05) is 5.56 Å². The molecule has 0 heterocycles. The Morgan fingerprint density at radius 2 is 1.75 bits per heavy atom.